The molecular formula is C17H29ClN2O3. The second kappa shape index (κ2) is 7.84. The van der Waals surface area contributed by atoms with E-state index in [2.05, 4.69) is 5.32 Å². The average molecular weight is 345 g/mol. The highest BCUT2D eigenvalue weighted by Gasteiger charge is 2.54. The number of carboxylic acids is 1. The van der Waals surface area contributed by atoms with Crippen LogP contribution in [0.1, 0.15) is 51.4 Å². The highest BCUT2D eigenvalue weighted by molar-refractivity contribution is 5.85. The quantitative estimate of drug-likeness (QED) is 0.802. The summed E-state index contributed by atoms with van der Waals surface area (Å²) in [5, 5.41) is 12.6. The first kappa shape index (κ1) is 18.5. The largest absolute Gasteiger partial charge is 0.481 e. The first-order chi connectivity index (χ1) is 10.6. The van der Waals surface area contributed by atoms with Crippen molar-refractivity contribution in [1.29, 1.82) is 0 Å². The van der Waals surface area contributed by atoms with Crippen molar-refractivity contribution in [1.82, 2.24) is 10.2 Å². The molecule has 0 radical (unpaired) electrons. The van der Waals surface area contributed by atoms with Crippen LogP contribution in [0.2, 0.25) is 0 Å². The fourth-order valence-electron chi connectivity index (χ4n) is 4.77. The maximum Gasteiger partial charge on any atom is 0.311 e. The zero-order valence-corrected chi connectivity index (χ0v) is 14.6. The summed E-state index contributed by atoms with van der Waals surface area (Å²) in [4.78, 5) is 25.8. The third-order valence-corrected chi connectivity index (χ3v) is 6.05. The van der Waals surface area contributed by atoms with Crippen molar-refractivity contribution in [3.8, 4) is 0 Å². The number of hydrogen-bond donors (Lipinski definition) is 2. The number of fused-ring (bicyclic) bond motifs is 1. The SMILES string of the molecule is Cl.O=C(CN1C[C@@H]2CCC[C@@]2(C(=O)O)C1)NCC1CCCCC1. The van der Waals surface area contributed by atoms with Gasteiger partial charge >= 0.3 is 5.97 Å². The van der Waals surface area contributed by atoms with Crippen LogP contribution < -0.4 is 5.32 Å². The lowest BCUT2D eigenvalue weighted by atomic mass is 9.81. The van der Waals surface area contributed by atoms with Crippen LogP contribution in [-0.4, -0.2) is 48.1 Å². The molecule has 3 rings (SSSR count). The van der Waals surface area contributed by atoms with Gasteiger partial charge in [0.1, 0.15) is 0 Å². The number of nitrogens with zero attached hydrogens (tertiary/aromatic N) is 1. The highest BCUT2D eigenvalue weighted by Crippen LogP contribution is 2.48. The van der Waals surface area contributed by atoms with Crippen molar-refractivity contribution in [3.63, 3.8) is 0 Å². The predicted molar refractivity (Wildman–Crippen MR) is 90.7 cm³/mol. The monoisotopic (exact) mass is 344 g/mol. The molecule has 3 aliphatic rings. The topological polar surface area (TPSA) is 69.6 Å². The van der Waals surface area contributed by atoms with E-state index in [9.17, 15) is 14.7 Å². The highest BCUT2D eigenvalue weighted by atomic mass is 35.5. The molecule has 0 aromatic carbocycles. The number of carbonyl (C=O) groups excluding carboxylic acids is 1. The number of halogens is 1. The summed E-state index contributed by atoms with van der Waals surface area (Å²) in [7, 11) is 0. The standard InChI is InChI=1S/C17H28N2O3.ClH/c20-15(18-9-13-5-2-1-3-6-13)11-19-10-14-7-4-8-17(14,12-19)16(21)22;/h13-14H,1-12H2,(H,18,20)(H,21,22);1H/t14-,17+;/m0./s1. The molecular weight excluding hydrogens is 316 g/mol. The molecule has 2 saturated carbocycles. The van der Waals surface area contributed by atoms with E-state index in [-0.39, 0.29) is 24.2 Å². The van der Waals surface area contributed by atoms with Gasteiger partial charge in [0, 0.05) is 19.6 Å². The molecule has 0 spiro atoms. The van der Waals surface area contributed by atoms with Crippen LogP contribution in [0.5, 0.6) is 0 Å². The van der Waals surface area contributed by atoms with Crippen molar-refractivity contribution in [2.75, 3.05) is 26.2 Å². The Balaban J connectivity index is 0.00000192. The third kappa shape index (κ3) is 4.00. The van der Waals surface area contributed by atoms with Gasteiger partial charge in [0.05, 0.1) is 12.0 Å². The van der Waals surface area contributed by atoms with Gasteiger partial charge in [0.25, 0.3) is 0 Å². The van der Waals surface area contributed by atoms with Crippen LogP contribution in [0.4, 0.5) is 0 Å². The van der Waals surface area contributed by atoms with E-state index in [0.29, 0.717) is 19.0 Å². The molecule has 5 nitrogen and oxygen atoms in total. The number of carboxylic acid groups (broad SMARTS) is 1. The maximum atomic E-state index is 12.1. The lowest BCUT2D eigenvalue weighted by Gasteiger charge is -2.24. The van der Waals surface area contributed by atoms with Gasteiger partial charge in [-0.15, -0.1) is 12.4 Å². The minimum absolute atomic E-state index is 0. The minimum atomic E-state index is -0.667. The first-order valence-corrected chi connectivity index (χ1v) is 8.82. The van der Waals surface area contributed by atoms with E-state index >= 15 is 0 Å². The van der Waals surface area contributed by atoms with Crippen LogP contribution in [0.25, 0.3) is 0 Å². The van der Waals surface area contributed by atoms with Crippen LogP contribution in [0, 0.1) is 17.3 Å². The molecule has 0 aromatic rings. The Kier molecular flexibility index (Phi) is 6.32. The van der Waals surface area contributed by atoms with Crippen molar-refractivity contribution in [3.05, 3.63) is 0 Å². The number of carbonyl (C=O) groups is 2. The molecule has 132 valence electrons. The number of rotatable bonds is 5. The molecule has 0 bridgehead atoms. The molecule has 6 heteroatoms. The second-order valence-electron chi connectivity index (χ2n) is 7.53. The Labute approximate surface area is 144 Å². The third-order valence-electron chi connectivity index (χ3n) is 6.05. The Hall–Kier alpha value is -0.810. The zero-order chi connectivity index (χ0) is 15.6. The molecule has 1 amide bonds. The van der Waals surface area contributed by atoms with Gasteiger partial charge in [-0.2, -0.15) is 0 Å². The van der Waals surface area contributed by atoms with Crippen molar-refractivity contribution in [2.24, 2.45) is 17.3 Å². The summed E-state index contributed by atoms with van der Waals surface area (Å²) in [6.45, 7) is 2.46. The summed E-state index contributed by atoms with van der Waals surface area (Å²) in [6, 6.07) is 0. The van der Waals surface area contributed by atoms with E-state index in [0.717, 1.165) is 32.4 Å². The molecule has 1 aliphatic heterocycles. The molecule has 23 heavy (non-hydrogen) atoms. The Bertz CT molecular complexity index is 440. The Morgan fingerprint density at radius 2 is 1.87 bits per heavy atom. The van der Waals surface area contributed by atoms with Gasteiger partial charge in [-0.3, -0.25) is 14.5 Å². The number of amides is 1. The number of nitrogens with one attached hydrogen (secondary N) is 1. The van der Waals surface area contributed by atoms with Gasteiger partial charge in [0.15, 0.2) is 0 Å². The predicted octanol–water partition coefficient (Wildman–Crippen LogP) is 2.29. The van der Waals surface area contributed by atoms with Crippen LogP contribution >= 0.6 is 12.4 Å². The van der Waals surface area contributed by atoms with E-state index in [4.69, 9.17) is 0 Å². The molecule has 2 aliphatic carbocycles. The summed E-state index contributed by atoms with van der Waals surface area (Å²) in [5.74, 6) is 0.267. The Morgan fingerprint density at radius 1 is 1.13 bits per heavy atom. The summed E-state index contributed by atoms with van der Waals surface area (Å²) >= 11 is 0. The normalized spacial score (nSPS) is 31.4. The second-order valence-corrected chi connectivity index (χ2v) is 7.53. The summed E-state index contributed by atoms with van der Waals surface area (Å²) in [5.41, 5.74) is -0.580. The van der Waals surface area contributed by atoms with Gasteiger partial charge in [-0.25, -0.2) is 0 Å². The van der Waals surface area contributed by atoms with E-state index in [1.807, 2.05) is 4.90 Å². The minimum Gasteiger partial charge on any atom is -0.481 e. The first-order valence-electron chi connectivity index (χ1n) is 8.82. The Morgan fingerprint density at radius 3 is 2.52 bits per heavy atom. The van der Waals surface area contributed by atoms with Crippen molar-refractivity contribution in [2.45, 2.75) is 51.4 Å². The molecule has 1 heterocycles. The number of hydrogen-bond acceptors (Lipinski definition) is 3. The van der Waals surface area contributed by atoms with Gasteiger partial charge < -0.3 is 10.4 Å². The average Bonchev–Trinajstić information content (AvgIpc) is 3.04. The lowest BCUT2D eigenvalue weighted by Crippen LogP contribution is -2.40. The van der Waals surface area contributed by atoms with E-state index in [1.54, 1.807) is 0 Å². The van der Waals surface area contributed by atoms with Gasteiger partial charge in [-0.05, 0) is 37.5 Å². The van der Waals surface area contributed by atoms with Crippen molar-refractivity contribution >= 4 is 24.3 Å². The van der Waals surface area contributed by atoms with Crippen LogP contribution in [-0.2, 0) is 9.59 Å². The zero-order valence-electron chi connectivity index (χ0n) is 13.8. The van der Waals surface area contributed by atoms with Crippen molar-refractivity contribution < 1.29 is 14.7 Å². The fourth-order valence-corrected chi connectivity index (χ4v) is 4.77. The molecule has 3 fully saturated rings. The fraction of sp³-hybridized carbons (Fsp3) is 0.882. The van der Waals surface area contributed by atoms with Crippen LogP contribution in [0.15, 0.2) is 0 Å². The summed E-state index contributed by atoms with van der Waals surface area (Å²) < 4.78 is 0. The summed E-state index contributed by atoms with van der Waals surface area (Å²) in [6.07, 6.45) is 9.14. The molecule has 0 aromatic heterocycles. The molecule has 0 unspecified atom stereocenters. The van der Waals surface area contributed by atoms with E-state index < -0.39 is 11.4 Å². The van der Waals surface area contributed by atoms with Gasteiger partial charge in [-0.1, -0.05) is 25.7 Å². The van der Waals surface area contributed by atoms with Gasteiger partial charge in [0.2, 0.25) is 5.91 Å². The van der Waals surface area contributed by atoms with Crippen LogP contribution in [0.3, 0.4) is 0 Å². The molecule has 2 atom stereocenters. The number of likely N-dealkylation sites (tertiary alicyclic amines) is 1. The molecule has 2 N–H and O–H groups in total. The smallest absolute Gasteiger partial charge is 0.311 e. The number of aliphatic carboxylic acids is 1. The lowest BCUT2D eigenvalue weighted by molar-refractivity contribution is -0.149. The molecule has 1 saturated heterocycles. The van der Waals surface area contributed by atoms with E-state index in [1.165, 1.54) is 32.1 Å². The maximum absolute atomic E-state index is 12.1.